The van der Waals surface area contributed by atoms with Crippen LogP contribution in [0.2, 0.25) is 0 Å². The van der Waals surface area contributed by atoms with Gasteiger partial charge in [-0.15, -0.1) is 5.10 Å². The zero-order valence-corrected chi connectivity index (χ0v) is 9.54. The molecule has 6 heteroatoms. The summed E-state index contributed by atoms with van der Waals surface area (Å²) in [4.78, 5) is 4.05. The van der Waals surface area contributed by atoms with Gasteiger partial charge in [-0.1, -0.05) is 12.1 Å². The third-order valence-corrected chi connectivity index (χ3v) is 2.62. The van der Waals surface area contributed by atoms with Crippen LogP contribution in [0.5, 0.6) is 0 Å². The Morgan fingerprint density at radius 3 is 2.94 bits per heavy atom. The maximum atomic E-state index is 5.88. The Balaban J connectivity index is 2.11. The van der Waals surface area contributed by atoms with E-state index in [4.69, 9.17) is 5.73 Å². The normalized spacial score (nSPS) is 12.9. The van der Waals surface area contributed by atoms with Crippen molar-refractivity contribution < 1.29 is 0 Å². The van der Waals surface area contributed by atoms with E-state index >= 15 is 0 Å². The first-order chi connectivity index (χ1) is 7.70. The highest BCUT2D eigenvalue weighted by atomic mass is 15.4. The molecule has 0 saturated carbocycles. The summed E-state index contributed by atoms with van der Waals surface area (Å²) in [6.45, 7) is 2.70. The van der Waals surface area contributed by atoms with E-state index < -0.39 is 0 Å². The van der Waals surface area contributed by atoms with Crippen LogP contribution in [-0.4, -0.2) is 24.5 Å². The van der Waals surface area contributed by atoms with Crippen LogP contribution < -0.4 is 5.73 Å². The summed E-state index contributed by atoms with van der Waals surface area (Å²) in [6.07, 6.45) is 6.34. The molecule has 6 nitrogen and oxygen atoms in total. The van der Waals surface area contributed by atoms with Gasteiger partial charge in [-0.3, -0.25) is 0 Å². The van der Waals surface area contributed by atoms with Gasteiger partial charge in [0.25, 0.3) is 0 Å². The van der Waals surface area contributed by atoms with E-state index in [9.17, 15) is 0 Å². The molecule has 0 saturated heterocycles. The summed E-state index contributed by atoms with van der Waals surface area (Å²) in [5.74, 6) is 0. The van der Waals surface area contributed by atoms with Crippen molar-refractivity contribution in [3.05, 3.63) is 30.1 Å². The lowest BCUT2D eigenvalue weighted by Crippen LogP contribution is -2.09. The molecule has 1 unspecified atom stereocenters. The zero-order chi connectivity index (χ0) is 11.5. The Labute approximate surface area is 94.1 Å². The highest BCUT2D eigenvalue weighted by Gasteiger charge is 2.09. The number of hydrogen-bond acceptors (Lipinski definition) is 4. The summed E-state index contributed by atoms with van der Waals surface area (Å²) in [6, 6.07) is -0.0275. The van der Waals surface area contributed by atoms with Crippen LogP contribution in [0.15, 0.2) is 18.7 Å². The van der Waals surface area contributed by atoms with Crippen LogP contribution >= 0.6 is 0 Å². The topological polar surface area (TPSA) is 74.6 Å². The summed E-state index contributed by atoms with van der Waals surface area (Å²) in [5, 5.41) is 8.10. The minimum absolute atomic E-state index is 0.0275. The molecule has 0 fully saturated rings. The Hall–Kier alpha value is -1.69. The molecule has 0 aliphatic rings. The second-order valence-corrected chi connectivity index (χ2v) is 3.85. The monoisotopic (exact) mass is 220 g/mol. The fourth-order valence-corrected chi connectivity index (χ4v) is 1.47. The molecule has 1 atom stereocenters. The molecule has 0 aliphatic heterocycles. The van der Waals surface area contributed by atoms with Crippen molar-refractivity contribution in [2.45, 2.75) is 25.9 Å². The van der Waals surface area contributed by atoms with Crippen molar-refractivity contribution in [1.29, 1.82) is 0 Å². The minimum atomic E-state index is -0.0275. The number of imidazole rings is 1. The molecule has 2 heterocycles. The lowest BCUT2D eigenvalue weighted by Gasteiger charge is -2.02. The summed E-state index contributed by atoms with van der Waals surface area (Å²) >= 11 is 0. The first kappa shape index (κ1) is 10.8. The van der Waals surface area contributed by atoms with Crippen molar-refractivity contribution >= 4 is 0 Å². The van der Waals surface area contributed by atoms with Crippen molar-refractivity contribution in [1.82, 2.24) is 24.5 Å². The van der Waals surface area contributed by atoms with Gasteiger partial charge >= 0.3 is 0 Å². The van der Waals surface area contributed by atoms with E-state index in [0.717, 1.165) is 17.8 Å². The van der Waals surface area contributed by atoms with Gasteiger partial charge in [-0.05, 0) is 6.42 Å². The van der Waals surface area contributed by atoms with Crippen LogP contribution in [0.1, 0.15) is 30.8 Å². The molecule has 0 spiro atoms. The van der Waals surface area contributed by atoms with Gasteiger partial charge in [0.05, 0.1) is 42.7 Å². The van der Waals surface area contributed by atoms with Gasteiger partial charge in [0.1, 0.15) is 0 Å². The number of nitrogens with zero attached hydrogens (tertiary/aromatic N) is 5. The molecule has 0 bridgehead atoms. The van der Waals surface area contributed by atoms with Crippen LogP contribution in [-0.2, 0) is 13.6 Å². The molecule has 16 heavy (non-hydrogen) atoms. The average molecular weight is 220 g/mol. The maximum Gasteiger partial charge on any atom is 0.0994 e. The molecule has 2 aromatic rings. The first-order valence-corrected chi connectivity index (χ1v) is 5.31. The van der Waals surface area contributed by atoms with Gasteiger partial charge in [-0.25, -0.2) is 9.67 Å². The van der Waals surface area contributed by atoms with Gasteiger partial charge in [-0.2, -0.15) is 0 Å². The maximum absolute atomic E-state index is 5.88. The molecule has 86 valence electrons. The lowest BCUT2D eigenvalue weighted by atomic mass is 10.2. The van der Waals surface area contributed by atoms with Crippen LogP contribution in [0.3, 0.4) is 0 Å². The standard InChI is InChI=1S/C10H16N6/c1-3-9(11)10-6-16(14-13-10)5-8-4-12-7-15(8)2/h4,6-7,9H,3,5,11H2,1-2H3. The van der Waals surface area contributed by atoms with Crippen molar-refractivity contribution in [3.63, 3.8) is 0 Å². The molecular weight excluding hydrogens is 204 g/mol. The SMILES string of the molecule is CCC(N)c1cn(Cc2cncn2C)nn1. The van der Waals surface area contributed by atoms with E-state index in [0.29, 0.717) is 6.54 Å². The molecule has 0 aromatic carbocycles. The second kappa shape index (κ2) is 4.44. The Morgan fingerprint density at radius 1 is 1.50 bits per heavy atom. The van der Waals surface area contributed by atoms with E-state index in [2.05, 4.69) is 15.3 Å². The van der Waals surface area contributed by atoms with Gasteiger partial charge < -0.3 is 10.3 Å². The van der Waals surface area contributed by atoms with Crippen molar-refractivity contribution in [2.75, 3.05) is 0 Å². The number of hydrogen-bond donors (Lipinski definition) is 1. The Kier molecular flexibility index (Phi) is 3.00. The van der Waals surface area contributed by atoms with E-state index in [1.807, 2.05) is 30.9 Å². The Morgan fingerprint density at radius 2 is 2.31 bits per heavy atom. The molecule has 0 aliphatic carbocycles. The zero-order valence-electron chi connectivity index (χ0n) is 9.54. The smallest absolute Gasteiger partial charge is 0.0994 e. The molecule has 2 N–H and O–H groups in total. The Bertz CT molecular complexity index is 457. The predicted octanol–water partition coefficient (Wildman–Crippen LogP) is 0.470. The van der Waals surface area contributed by atoms with E-state index in [1.54, 1.807) is 11.0 Å². The number of nitrogens with two attached hydrogens (primary N) is 1. The third kappa shape index (κ3) is 2.11. The highest BCUT2D eigenvalue weighted by molar-refractivity contribution is 5.02. The second-order valence-electron chi connectivity index (χ2n) is 3.85. The number of rotatable bonds is 4. The molecule has 2 aromatic heterocycles. The third-order valence-electron chi connectivity index (χ3n) is 2.62. The van der Waals surface area contributed by atoms with Crippen LogP contribution in [0.4, 0.5) is 0 Å². The van der Waals surface area contributed by atoms with Gasteiger partial charge in [0.15, 0.2) is 0 Å². The fraction of sp³-hybridized carbons (Fsp3) is 0.500. The summed E-state index contributed by atoms with van der Waals surface area (Å²) in [7, 11) is 1.96. The van der Waals surface area contributed by atoms with Crippen LogP contribution in [0, 0.1) is 0 Å². The number of aromatic nitrogens is 5. The summed E-state index contributed by atoms with van der Waals surface area (Å²) < 4.78 is 3.74. The van der Waals surface area contributed by atoms with E-state index in [1.165, 1.54) is 0 Å². The largest absolute Gasteiger partial charge is 0.336 e. The predicted molar refractivity (Wildman–Crippen MR) is 59.6 cm³/mol. The van der Waals surface area contributed by atoms with Crippen LogP contribution in [0.25, 0.3) is 0 Å². The molecule has 0 radical (unpaired) electrons. The highest BCUT2D eigenvalue weighted by Crippen LogP contribution is 2.09. The number of aryl methyl sites for hydroxylation is 1. The molecule has 0 amide bonds. The minimum Gasteiger partial charge on any atom is -0.336 e. The first-order valence-electron chi connectivity index (χ1n) is 5.31. The fourth-order valence-electron chi connectivity index (χ4n) is 1.47. The van der Waals surface area contributed by atoms with Crippen molar-refractivity contribution in [3.8, 4) is 0 Å². The molecule has 2 rings (SSSR count). The van der Waals surface area contributed by atoms with Crippen molar-refractivity contribution in [2.24, 2.45) is 12.8 Å². The lowest BCUT2D eigenvalue weighted by molar-refractivity contribution is 0.619. The average Bonchev–Trinajstić information content (AvgIpc) is 2.89. The quantitative estimate of drug-likeness (QED) is 0.812. The molecular formula is C10H16N6. The van der Waals surface area contributed by atoms with Gasteiger partial charge in [0.2, 0.25) is 0 Å². The van der Waals surface area contributed by atoms with Gasteiger partial charge in [0, 0.05) is 7.05 Å². The summed E-state index contributed by atoms with van der Waals surface area (Å²) in [5.41, 5.74) is 7.80. The van der Waals surface area contributed by atoms with E-state index in [-0.39, 0.29) is 6.04 Å².